The molecule has 1 atom stereocenters. The summed E-state index contributed by atoms with van der Waals surface area (Å²) in [5, 5.41) is 13.1. The quantitative estimate of drug-likeness (QED) is 0.436. The van der Waals surface area contributed by atoms with Gasteiger partial charge in [0.05, 0.1) is 11.5 Å². The van der Waals surface area contributed by atoms with Crippen molar-refractivity contribution in [3.8, 4) is 0 Å². The van der Waals surface area contributed by atoms with Gasteiger partial charge in [-0.15, -0.1) is 0 Å². The lowest BCUT2D eigenvalue weighted by molar-refractivity contribution is -0.145. The van der Waals surface area contributed by atoms with Gasteiger partial charge in [0.15, 0.2) is 0 Å². The van der Waals surface area contributed by atoms with E-state index in [-0.39, 0.29) is 42.7 Å². The summed E-state index contributed by atoms with van der Waals surface area (Å²) in [6.07, 6.45) is 4.15. The molecule has 2 fully saturated rings. The highest BCUT2D eigenvalue weighted by Crippen LogP contribution is 2.49. The molecule has 2 saturated carbocycles. The maximum absolute atomic E-state index is 13.4. The number of carboxylic acid groups (broad SMARTS) is 1. The summed E-state index contributed by atoms with van der Waals surface area (Å²) in [6, 6.07) is 5.53. The van der Waals surface area contributed by atoms with Crippen LogP contribution in [0.3, 0.4) is 0 Å². The molecule has 0 radical (unpaired) electrons. The highest BCUT2D eigenvalue weighted by molar-refractivity contribution is 6.31. The van der Waals surface area contributed by atoms with Gasteiger partial charge in [-0.05, 0) is 72.6 Å². The van der Waals surface area contributed by atoms with Crippen molar-refractivity contribution in [1.29, 1.82) is 0 Å². The van der Waals surface area contributed by atoms with E-state index >= 15 is 0 Å². The van der Waals surface area contributed by atoms with Gasteiger partial charge in [0.2, 0.25) is 5.92 Å². The maximum Gasteiger partial charge on any atom is 0.322 e. The van der Waals surface area contributed by atoms with Gasteiger partial charge in [0.1, 0.15) is 0 Å². The fourth-order valence-electron chi connectivity index (χ4n) is 5.44. The molecule has 1 heterocycles. The Kier molecular flexibility index (Phi) is 6.71. The summed E-state index contributed by atoms with van der Waals surface area (Å²) in [5.41, 5.74) is 2.09. The number of halogens is 3. The molecule has 0 saturated heterocycles. The molecule has 5 nitrogen and oxygen atoms in total. The number of nitrogens with one attached hydrogen (secondary N) is 1. The SMILES string of the molecule is CC(C)(C)CCc1ccc([C@]2(C)NC(=O)N(CC3CC(F)(F)C3)C=C2C2CC(C(=O)O)C2)cc1Cl. The molecule has 2 N–H and O–H groups in total. The van der Waals surface area contributed by atoms with Crippen molar-refractivity contribution in [2.75, 3.05) is 6.54 Å². The molecule has 2 aliphatic carbocycles. The third kappa shape index (κ3) is 5.50. The lowest BCUT2D eigenvalue weighted by Crippen LogP contribution is -2.57. The molecular weight excluding hydrogens is 474 g/mol. The van der Waals surface area contributed by atoms with Crippen molar-refractivity contribution in [2.45, 2.75) is 77.7 Å². The number of nitrogens with zero attached hydrogens (tertiary/aromatic N) is 1. The molecule has 1 aromatic rings. The van der Waals surface area contributed by atoms with Gasteiger partial charge in [-0.2, -0.15) is 0 Å². The fraction of sp³-hybridized carbons (Fsp3) is 0.630. The summed E-state index contributed by atoms with van der Waals surface area (Å²) in [4.78, 5) is 26.0. The number of hydrogen-bond acceptors (Lipinski definition) is 2. The third-order valence-corrected chi connectivity index (χ3v) is 8.17. The van der Waals surface area contributed by atoms with Gasteiger partial charge in [0, 0.05) is 30.6 Å². The Hall–Kier alpha value is -2.15. The van der Waals surface area contributed by atoms with E-state index in [1.54, 1.807) is 6.20 Å². The van der Waals surface area contributed by atoms with Gasteiger partial charge < -0.3 is 15.3 Å². The van der Waals surface area contributed by atoms with Crippen molar-refractivity contribution in [3.05, 3.63) is 46.1 Å². The normalized spacial score (nSPS) is 28.6. The van der Waals surface area contributed by atoms with E-state index in [9.17, 15) is 23.5 Å². The lowest BCUT2D eigenvalue weighted by atomic mass is 9.65. The van der Waals surface area contributed by atoms with E-state index in [0.29, 0.717) is 17.9 Å². The first kappa shape index (κ1) is 25.9. The summed E-state index contributed by atoms with van der Waals surface area (Å²) >= 11 is 6.68. The molecule has 0 aromatic heterocycles. The fourth-order valence-corrected chi connectivity index (χ4v) is 5.71. The van der Waals surface area contributed by atoms with Crippen molar-refractivity contribution in [1.82, 2.24) is 10.2 Å². The number of alkyl halides is 2. The third-order valence-electron chi connectivity index (χ3n) is 7.82. The van der Waals surface area contributed by atoms with Crippen LogP contribution < -0.4 is 5.32 Å². The zero-order chi connectivity index (χ0) is 25.8. The topological polar surface area (TPSA) is 69.6 Å². The number of hydrogen-bond donors (Lipinski definition) is 2. The first-order valence-corrected chi connectivity index (χ1v) is 12.8. The zero-order valence-electron chi connectivity index (χ0n) is 20.8. The smallest absolute Gasteiger partial charge is 0.322 e. The summed E-state index contributed by atoms with van der Waals surface area (Å²) in [7, 11) is 0. The molecule has 4 rings (SSSR count). The van der Waals surface area contributed by atoms with Gasteiger partial charge in [-0.1, -0.05) is 44.5 Å². The second-order valence-corrected chi connectivity index (χ2v) is 12.4. The van der Waals surface area contributed by atoms with Crippen LogP contribution in [0.5, 0.6) is 0 Å². The van der Waals surface area contributed by atoms with E-state index in [1.807, 2.05) is 25.1 Å². The van der Waals surface area contributed by atoms with E-state index in [4.69, 9.17) is 11.6 Å². The van der Waals surface area contributed by atoms with Crippen molar-refractivity contribution >= 4 is 23.6 Å². The molecule has 0 unspecified atom stereocenters. The van der Waals surface area contributed by atoms with Crippen LogP contribution in [0, 0.1) is 23.2 Å². The Labute approximate surface area is 210 Å². The van der Waals surface area contributed by atoms with Crippen LogP contribution in [0.2, 0.25) is 5.02 Å². The molecule has 2 amide bonds. The van der Waals surface area contributed by atoms with Crippen LogP contribution in [-0.4, -0.2) is 34.5 Å². The van der Waals surface area contributed by atoms with Gasteiger partial charge in [-0.25, -0.2) is 13.6 Å². The number of carboxylic acids is 1. The maximum atomic E-state index is 13.4. The number of amides is 2. The van der Waals surface area contributed by atoms with Gasteiger partial charge in [0.25, 0.3) is 0 Å². The predicted molar refractivity (Wildman–Crippen MR) is 131 cm³/mol. The van der Waals surface area contributed by atoms with Gasteiger partial charge >= 0.3 is 12.0 Å². The highest BCUT2D eigenvalue weighted by Gasteiger charge is 2.49. The summed E-state index contributed by atoms with van der Waals surface area (Å²) in [5.74, 6) is -4.15. The lowest BCUT2D eigenvalue weighted by Gasteiger charge is -2.48. The average molecular weight is 509 g/mol. The van der Waals surface area contributed by atoms with E-state index in [2.05, 4.69) is 26.1 Å². The average Bonchev–Trinajstić information content (AvgIpc) is 2.66. The second-order valence-electron chi connectivity index (χ2n) is 12.0. The largest absolute Gasteiger partial charge is 0.481 e. The Balaban J connectivity index is 1.61. The van der Waals surface area contributed by atoms with Gasteiger partial charge in [-0.3, -0.25) is 4.79 Å². The van der Waals surface area contributed by atoms with Crippen molar-refractivity contribution in [3.63, 3.8) is 0 Å². The molecular formula is C27H35ClF2N2O3. The first-order chi connectivity index (χ1) is 16.2. The van der Waals surface area contributed by atoms with Crippen LogP contribution in [0.15, 0.2) is 30.0 Å². The van der Waals surface area contributed by atoms with E-state index < -0.39 is 23.3 Å². The van der Waals surface area contributed by atoms with Crippen molar-refractivity contribution in [2.24, 2.45) is 23.2 Å². The second kappa shape index (κ2) is 9.06. The molecule has 0 bridgehead atoms. The standard InChI is InChI=1S/C27H35ClF2N2O3/c1-25(2,3)8-7-17-5-6-20(11-22(17)28)26(4)21(18-9-19(10-18)23(33)34)15-32(24(35)31-26)14-16-12-27(29,30)13-16/h5-6,11,15-16,18-19H,7-10,12-14H2,1-4H3,(H,31,35)(H,33,34)/t18?,19?,26-/m0/s1. The predicted octanol–water partition coefficient (Wildman–Crippen LogP) is 6.60. The Morgan fingerprint density at radius 2 is 1.91 bits per heavy atom. The number of benzene rings is 1. The van der Waals surface area contributed by atoms with Crippen molar-refractivity contribution < 1.29 is 23.5 Å². The monoisotopic (exact) mass is 508 g/mol. The minimum Gasteiger partial charge on any atom is -0.481 e. The van der Waals surface area contributed by atoms with Crippen LogP contribution in [0.25, 0.3) is 0 Å². The minimum atomic E-state index is -2.65. The molecule has 0 spiro atoms. The minimum absolute atomic E-state index is 0.0219. The number of urea groups is 1. The highest BCUT2D eigenvalue weighted by atomic mass is 35.5. The number of rotatable bonds is 7. The van der Waals surface area contributed by atoms with E-state index in [0.717, 1.165) is 29.5 Å². The number of aliphatic carboxylic acids is 1. The molecule has 1 aliphatic heterocycles. The summed E-state index contributed by atoms with van der Waals surface area (Å²) in [6.45, 7) is 8.70. The number of carbonyl (C=O) groups excluding carboxylic acids is 1. The Morgan fingerprint density at radius 1 is 1.26 bits per heavy atom. The van der Waals surface area contributed by atoms with Crippen LogP contribution >= 0.6 is 11.6 Å². The Bertz CT molecular complexity index is 1040. The van der Waals surface area contributed by atoms with Crippen LogP contribution in [0.4, 0.5) is 13.6 Å². The molecule has 1 aromatic carbocycles. The van der Waals surface area contributed by atoms with E-state index in [1.165, 1.54) is 4.90 Å². The van der Waals surface area contributed by atoms with Crippen LogP contribution in [-0.2, 0) is 16.8 Å². The summed E-state index contributed by atoms with van der Waals surface area (Å²) < 4.78 is 26.7. The molecule has 192 valence electrons. The zero-order valence-corrected chi connectivity index (χ0v) is 21.6. The first-order valence-electron chi connectivity index (χ1n) is 12.4. The Morgan fingerprint density at radius 3 is 2.46 bits per heavy atom. The molecule has 35 heavy (non-hydrogen) atoms. The molecule has 8 heteroatoms. The van der Waals surface area contributed by atoms with Crippen LogP contribution in [0.1, 0.15) is 70.9 Å². The molecule has 3 aliphatic rings. The number of carbonyl (C=O) groups is 2. The number of aryl methyl sites for hydroxylation is 1.